The number of anilines is 1. The molecule has 13 heteroatoms. The van der Waals surface area contributed by atoms with Crippen molar-refractivity contribution in [2.75, 3.05) is 11.5 Å². The Balaban J connectivity index is 1.57. The lowest BCUT2D eigenvalue weighted by Crippen LogP contribution is -2.60. The van der Waals surface area contributed by atoms with E-state index in [2.05, 4.69) is 20.6 Å². The lowest BCUT2D eigenvalue weighted by atomic mass is 9.92. The van der Waals surface area contributed by atoms with Crippen molar-refractivity contribution in [2.45, 2.75) is 23.4 Å². The number of aliphatic carboxylic acids is 1. The molecule has 0 radical (unpaired) electrons. The van der Waals surface area contributed by atoms with Crippen LogP contribution in [0.3, 0.4) is 0 Å². The average molecular weight is 395 g/mol. The SMILES string of the molecule is C[C@@H](O)[C@H]1C(=O)N2C(C(=O)O)=C(CSc3cc(N)c4nnnn4n3)S[C@H]12. The minimum Gasteiger partial charge on any atom is -0.477 e. The molecule has 11 nitrogen and oxygen atoms in total. The Morgan fingerprint density at radius 2 is 2.31 bits per heavy atom. The highest BCUT2D eigenvalue weighted by Gasteiger charge is 2.57. The maximum Gasteiger partial charge on any atom is 0.353 e. The van der Waals surface area contributed by atoms with Crippen LogP contribution in [0.25, 0.3) is 5.65 Å². The van der Waals surface area contributed by atoms with Gasteiger partial charge in [-0.25, -0.2) is 4.79 Å². The Bertz CT molecular complexity index is 959. The lowest BCUT2D eigenvalue weighted by Gasteiger charge is -2.43. The Kier molecular flexibility index (Phi) is 4.00. The van der Waals surface area contributed by atoms with E-state index in [0.29, 0.717) is 27.0 Å². The maximum absolute atomic E-state index is 12.2. The van der Waals surface area contributed by atoms with E-state index < -0.39 is 18.0 Å². The summed E-state index contributed by atoms with van der Waals surface area (Å²) >= 11 is 2.55. The van der Waals surface area contributed by atoms with Crippen molar-refractivity contribution in [2.24, 2.45) is 5.92 Å². The van der Waals surface area contributed by atoms with Crippen LogP contribution in [0.5, 0.6) is 0 Å². The summed E-state index contributed by atoms with van der Waals surface area (Å²) in [5.41, 5.74) is 6.53. The van der Waals surface area contributed by atoms with Gasteiger partial charge in [-0.3, -0.25) is 9.69 Å². The number of fused-ring (bicyclic) bond motifs is 2. The number of thioether (sulfide) groups is 2. The number of aromatic nitrogens is 5. The van der Waals surface area contributed by atoms with Gasteiger partial charge in [-0.05, 0) is 23.4 Å². The van der Waals surface area contributed by atoms with Crippen molar-refractivity contribution in [3.05, 3.63) is 16.7 Å². The zero-order valence-electron chi connectivity index (χ0n) is 13.3. The Hall–Kier alpha value is -2.38. The molecular weight excluding hydrogens is 382 g/mol. The fourth-order valence-corrected chi connectivity index (χ4v) is 5.51. The van der Waals surface area contributed by atoms with Gasteiger partial charge in [0.1, 0.15) is 16.1 Å². The number of aliphatic hydroxyl groups is 1. The molecule has 0 saturated carbocycles. The van der Waals surface area contributed by atoms with Crippen molar-refractivity contribution in [3.8, 4) is 0 Å². The van der Waals surface area contributed by atoms with Crippen LogP contribution in [0.4, 0.5) is 5.69 Å². The molecule has 2 aromatic heterocycles. The molecule has 1 fully saturated rings. The van der Waals surface area contributed by atoms with Crippen LogP contribution in [-0.4, -0.2) is 69.5 Å². The number of aliphatic hydroxyl groups excluding tert-OH is 1. The van der Waals surface area contributed by atoms with Crippen LogP contribution >= 0.6 is 23.5 Å². The summed E-state index contributed by atoms with van der Waals surface area (Å²) in [7, 11) is 0. The highest BCUT2D eigenvalue weighted by molar-refractivity contribution is 8.06. The molecule has 0 spiro atoms. The molecule has 1 amide bonds. The lowest BCUT2D eigenvalue weighted by molar-refractivity contribution is -0.156. The Labute approximate surface area is 154 Å². The van der Waals surface area contributed by atoms with Gasteiger partial charge in [-0.15, -0.1) is 26.6 Å². The van der Waals surface area contributed by atoms with Crippen LogP contribution in [-0.2, 0) is 9.59 Å². The van der Waals surface area contributed by atoms with E-state index in [1.54, 1.807) is 6.07 Å². The molecular formula is C13H13N7O4S2. The first-order chi connectivity index (χ1) is 12.4. The monoisotopic (exact) mass is 395 g/mol. The van der Waals surface area contributed by atoms with Gasteiger partial charge in [-0.1, -0.05) is 11.8 Å². The van der Waals surface area contributed by atoms with E-state index in [9.17, 15) is 19.8 Å². The van der Waals surface area contributed by atoms with E-state index in [0.717, 1.165) is 0 Å². The number of tetrazole rings is 1. The summed E-state index contributed by atoms with van der Waals surface area (Å²) in [6, 6.07) is 1.61. The largest absolute Gasteiger partial charge is 0.477 e. The number of amides is 1. The number of carbonyl (C=O) groups excluding carboxylic acids is 1. The number of hydrogen-bond donors (Lipinski definition) is 3. The highest BCUT2D eigenvalue weighted by Crippen LogP contribution is 2.51. The maximum atomic E-state index is 12.2. The molecule has 0 aliphatic carbocycles. The van der Waals surface area contributed by atoms with E-state index in [-0.39, 0.29) is 17.0 Å². The first kappa shape index (κ1) is 17.1. The molecule has 3 atom stereocenters. The zero-order valence-corrected chi connectivity index (χ0v) is 14.9. The number of carboxylic acid groups (broad SMARTS) is 1. The van der Waals surface area contributed by atoms with E-state index in [1.165, 1.54) is 40.0 Å². The van der Waals surface area contributed by atoms with Gasteiger partial charge in [0.15, 0.2) is 0 Å². The topological polar surface area (TPSA) is 160 Å². The number of carbonyl (C=O) groups is 2. The molecule has 0 bridgehead atoms. The summed E-state index contributed by atoms with van der Waals surface area (Å²) in [6.07, 6.45) is -0.831. The van der Waals surface area contributed by atoms with Crippen molar-refractivity contribution < 1.29 is 19.8 Å². The van der Waals surface area contributed by atoms with Crippen molar-refractivity contribution in [3.63, 3.8) is 0 Å². The molecule has 0 unspecified atom stereocenters. The summed E-state index contributed by atoms with van der Waals surface area (Å²) in [5, 5.41) is 34.5. The van der Waals surface area contributed by atoms with Gasteiger partial charge in [0.2, 0.25) is 11.6 Å². The molecule has 2 aromatic rings. The number of nitrogens with zero attached hydrogens (tertiary/aromatic N) is 6. The fraction of sp³-hybridized carbons (Fsp3) is 0.385. The molecule has 0 aromatic carbocycles. The molecule has 26 heavy (non-hydrogen) atoms. The summed E-state index contributed by atoms with van der Waals surface area (Å²) in [6.45, 7) is 1.53. The standard InChI is InChI=1S/C13H13N7O4S2/c1-4(21)8-11(22)19-9(13(23)24)6(26-12(8)19)3-25-7-2-5(14)10-15-17-18-20(10)16-7/h2,4,8,12,21H,3,14H2,1H3,(H,23,24)/t4-,8+,12-/m1/s1. The van der Waals surface area contributed by atoms with Gasteiger partial charge in [-0.2, -0.15) is 0 Å². The van der Waals surface area contributed by atoms with Gasteiger partial charge < -0.3 is 15.9 Å². The molecule has 4 heterocycles. The van der Waals surface area contributed by atoms with Gasteiger partial charge in [0, 0.05) is 10.7 Å². The average Bonchev–Trinajstić information content (AvgIpc) is 3.15. The number of hydrogen-bond acceptors (Lipinski definition) is 10. The number of nitrogens with two attached hydrogens (primary N) is 1. The van der Waals surface area contributed by atoms with Gasteiger partial charge in [0.05, 0.1) is 17.7 Å². The highest BCUT2D eigenvalue weighted by atomic mass is 32.2. The number of carboxylic acids is 1. The molecule has 4 rings (SSSR count). The third-order valence-electron chi connectivity index (χ3n) is 4.11. The molecule has 2 aliphatic heterocycles. The quantitative estimate of drug-likeness (QED) is 0.438. The Morgan fingerprint density at radius 1 is 1.54 bits per heavy atom. The van der Waals surface area contributed by atoms with Crippen molar-refractivity contribution in [1.29, 1.82) is 0 Å². The molecule has 136 valence electrons. The summed E-state index contributed by atoms with van der Waals surface area (Å²) in [5.74, 6) is -1.84. The predicted octanol–water partition coefficient (Wildman–Crippen LogP) is -0.598. The van der Waals surface area contributed by atoms with E-state index in [4.69, 9.17) is 5.73 Å². The number of β-lactam (4-membered cyclic amide) rings is 1. The summed E-state index contributed by atoms with van der Waals surface area (Å²) in [4.78, 5) is 25.6. The normalized spacial score (nSPS) is 23.3. The van der Waals surface area contributed by atoms with E-state index in [1.807, 2.05) is 0 Å². The second-order valence-corrected chi connectivity index (χ2v) is 7.99. The number of nitrogen functional groups attached to an aromatic ring is 1. The van der Waals surface area contributed by atoms with Crippen LogP contribution in [0.1, 0.15) is 6.92 Å². The predicted molar refractivity (Wildman–Crippen MR) is 91.8 cm³/mol. The first-order valence-corrected chi connectivity index (χ1v) is 9.37. The molecule has 1 saturated heterocycles. The zero-order chi connectivity index (χ0) is 18.6. The van der Waals surface area contributed by atoms with Crippen LogP contribution < -0.4 is 5.73 Å². The summed E-state index contributed by atoms with van der Waals surface area (Å²) < 4.78 is 1.20. The first-order valence-electron chi connectivity index (χ1n) is 7.50. The third kappa shape index (κ3) is 2.50. The second-order valence-electron chi connectivity index (χ2n) is 5.78. The minimum absolute atomic E-state index is 0.0362. The third-order valence-corrected chi connectivity index (χ3v) is 6.59. The second kappa shape index (κ2) is 6.10. The smallest absolute Gasteiger partial charge is 0.353 e. The number of rotatable bonds is 5. The minimum atomic E-state index is -1.17. The van der Waals surface area contributed by atoms with E-state index >= 15 is 0 Å². The van der Waals surface area contributed by atoms with Gasteiger partial charge >= 0.3 is 5.97 Å². The molecule has 2 aliphatic rings. The van der Waals surface area contributed by atoms with Crippen molar-refractivity contribution >= 4 is 46.7 Å². The van der Waals surface area contributed by atoms with Crippen LogP contribution in [0.2, 0.25) is 0 Å². The van der Waals surface area contributed by atoms with Crippen LogP contribution in [0.15, 0.2) is 21.7 Å². The van der Waals surface area contributed by atoms with Crippen molar-refractivity contribution in [1.82, 2.24) is 30.2 Å². The van der Waals surface area contributed by atoms with Crippen LogP contribution in [0, 0.1) is 5.92 Å². The Morgan fingerprint density at radius 3 is 3.00 bits per heavy atom. The fourth-order valence-electron chi connectivity index (χ4n) is 2.91. The van der Waals surface area contributed by atoms with Gasteiger partial charge in [0.25, 0.3) is 0 Å². The molecule has 4 N–H and O–H groups in total.